The van der Waals surface area contributed by atoms with Gasteiger partial charge in [-0.25, -0.2) is 0 Å². The van der Waals surface area contributed by atoms with Crippen LogP contribution in [-0.2, 0) is 20.0 Å². The van der Waals surface area contributed by atoms with Crippen molar-refractivity contribution in [3.63, 3.8) is 0 Å². The molecular weight excluding hydrogens is 410 g/mol. The topological polar surface area (TPSA) is 96.9 Å². The van der Waals surface area contributed by atoms with E-state index in [4.69, 9.17) is 4.74 Å². The number of benzene rings is 1. The van der Waals surface area contributed by atoms with Crippen molar-refractivity contribution in [2.24, 2.45) is 10.3 Å². The van der Waals surface area contributed by atoms with Gasteiger partial charge >= 0.3 is 10.5 Å². The number of nitrogens with one attached hydrogen (secondary N) is 2. The molecule has 1 fully saturated rings. The van der Waals surface area contributed by atoms with Crippen LogP contribution < -0.4 is 10.6 Å². The van der Waals surface area contributed by atoms with Crippen molar-refractivity contribution in [3.8, 4) is 0 Å². The first kappa shape index (κ1) is 25.2. The van der Waals surface area contributed by atoms with Crippen molar-refractivity contribution in [2.45, 2.75) is 57.1 Å². The minimum absolute atomic E-state index is 0.0760. The van der Waals surface area contributed by atoms with Gasteiger partial charge in [0.05, 0.1) is 12.1 Å². The zero-order valence-electron chi connectivity index (χ0n) is 17.2. The summed E-state index contributed by atoms with van der Waals surface area (Å²) in [5.41, 5.74) is 1.20. The normalized spacial score (nSPS) is 20.4. The zero-order chi connectivity index (χ0) is 21.6. The third-order valence-electron chi connectivity index (χ3n) is 4.94. The summed E-state index contributed by atoms with van der Waals surface area (Å²) >= 11 is 4.50. The molecule has 1 saturated carbocycles. The van der Waals surface area contributed by atoms with Crippen LogP contribution in [0.5, 0.6) is 0 Å². The quantitative estimate of drug-likeness (QED) is 0.428. The van der Waals surface area contributed by atoms with E-state index in [1.54, 1.807) is 14.2 Å². The smallest absolute Gasteiger partial charge is 0.311 e. The van der Waals surface area contributed by atoms with Crippen molar-refractivity contribution in [3.05, 3.63) is 35.9 Å². The van der Waals surface area contributed by atoms with Gasteiger partial charge in [-0.05, 0) is 43.0 Å². The highest BCUT2D eigenvalue weighted by Crippen LogP contribution is 2.52. The van der Waals surface area contributed by atoms with Crippen molar-refractivity contribution >= 4 is 34.2 Å². The summed E-state index contributed by atoms with van der Waals surface area (Å²) in [4.78, 5) is 9.54. The highest BCUT2D eigenvalue weighted by molar-refractivity contribution is 7.80. The minimum Gasteiger partial charge on any atom is -0.381 e. The van der Waals surface area contributed by atoms with Gasteiger partial charge in [0.1, 0.15) is 0 Å². The molecule has 1 aliphatic carbocycles. The first-order chi connectivity index (χ1) is 14.0. The predicted octanol–water partition coefficient (Wildman–Crippen LogP) is 3.05. The molecule has 0 saturated heterocycles. The maximum absolute atomic E-state index is 10.9. The van der Waals surface area contributed by atoms with E-state index in [1.165, 1.54) is 5.56 Å². The second-order valence-corrected chi connectivity index (χ2v) is 7.89. The Hall–Kier alpha value is -1.84. The van der Waals surface area contributed by atoms with Crippen LogP contribution in [0.25, 0.3) is 0 Å². The fraction of sp³-hybridized carbons (Fsp3) is 0.600. The summed E-state index contributed by atoms with van der Waals surface area (Å²) in [5.74, 6) is 0.603. The standard InChI is InChI=1S/C17H25NO3S.C3H6N2OS/c1-3-8-14(21-2)11-7-12-15-16(17(15)18-22(19)20)13-9-5-4-6-10-13;1-4-3(7)5-2-6/h4-6,9-10,14-17H,3,7-8,11-12H2,1-2H3;2H,1H3,(H2,4,5,6,7). The molecule has 0 radical (unpaired) electrons. The van der Waals surface area contributed by atoms with Gasteiger partial charge in [0, 0.05) is 20.1 Å². The fourth-order valence-electron chi connectivity index (χ4n) is 3.48. The highest BCUT2D eigenvalue weighted by atomic mass is 32.2. The lowest BCUT2D eigenvalue weighted by atomic mass is 10.0. The molecule has 0 aromatic heterocycles. The molecule has 2 rings (SSSR count). The number of amides is 1. The lowest BCUT2D eigenvalue weighted by Gasteiger charge is -2.13. The largest absolute Gasteiger partial charge is 0.381 e. The third kappa shape index (κ3) is 9.47. The molecule has 29 heavy (non-hydrogen) atoms. The van der Waals surface area contributed by atoms with E-state index < -0.39 is 10.5 Å². The second kappa shape index (κ2) is 14.2. The highest BCUT2D eigenvalue weighted by Gasteiger charge is 2.51. The molecule has 0 aliphatic heterocycles. The lowest BCUT2D eigenvalue weighted by Crippen LogP contribution is -2.30. The molecule has 9 heteroatoms. The second-order valence-electron chi connectivity index (χ2n) is 6.83. The number of thiocarbonyl (C=S) groups is 1. The van der Waals surface area contributed by atoms with Crippen LogP contribution >= 0.6 is 12.2 Å². The number of carbonyl (C=O) groups is 1. The van der Waals surface area contributed by atoms with Crippen LogP contribution in [0.2, 0.25) is 0 Å². The molecular formula is C20H31N3O4S2. The van der Waals surface area contributed by atoms with Crippen LogP contribution in [0.1, 0.15) is 50.5 Å². The molecule has 1 aliphatic rings. The number of hydrogen-bond acceptors (Lipinski definition) is 6. The van der Waals surface area contributed by atoms with Crippen molar-refractivity contribution in [2.75, 3.05) is 14.2 Å². The van der Waals surface area contributed by atoms with E-state index in [9.17, 15) is 13.2 Å². The van der Waals surface area contributed by atoms with Crippen LogP contribution in [0, 0.1) is 5.92 Å². The maximum Gasteiger partial charge on any atom is 0.311 e. The van der Waals surface area contributed by atoms with Crippen LogP contribution in [-0.4, -0.2) is 46.2 Å². The Balaban J connectivity index is 0.000000516. The maximum atomic E-state index is 10.9. The van der Waals surface area contributed by atoms with Crippen LogP contribution in [0.4, 0.5) is 0 Å². The molecule has 4 atom stereocenters. The molecule has 1 aromatic rings. The predicted molar refractivity (Wildman–Crippen MR) is 118 cm³/mol. The zero-order valence-corrected chi connectivity index (χ0v) is 18.8. The Labute approximate surface area is 180 Å². The Morgan fingerprint density at radius 1 is 1.31 bits per heavy atom. The molecule has 0 spiro atoms. The van der Waals surface area contributed by atoms with Gasteiger partial charge in [-0.1, -0.05) is 50.1 Å². The number of carbonyl (C=O) groups excluding carboxylic acids is 1. The molecule has 2 N–H and O–H groups in total. The van der Waals surface area contributed by atoms with Crippen molar-refractivity contribution in [1.82, 2.24) is 10.6 Å². The van der Waals surface area contributed by atoms with E-state index in [2.05, 4.69) is 46.3 Å². The van der Waals surface area contributed by atoms with Gasteiger partial charge in [-0.15, -0.1) is 0 Å². The fourth-order valence-corrected chi connectivity index (χ4v) is 4.01. The molecule has 1 aromatic carbocycles. The Kier molecular flexibility index (Phi) is 12.3. The molecule has 7 nitrogen and oxygen atoms in total. The first-order valence-corrected chi connectivity index (χ1v) is 11.2. The van der Waals surface area contributed by atoms with Crippen molar-refractivity contribution in [1.29, 1.82) is 0 Å². The summed E-state index contributed by atoms with van der Waals surface area (Å²) < 4.78 is 31.1. The van der Waals surface area contributed by atoms with E-state index in [1.807, 2.05) is 18.2 Å². The molecule has 0 heterocycles. The number of ether oxygens (including phenoxy) is 1. The minimum atomic E-state index is -2.32. The van der Waals surface area contributed by atoms with Gasteiger partial charge in [0.2, 0.25) is 6.41 Å². The average molecular weight is 442 g/mol. The van der Waals surface area contributed by atoms with Gasteiger partial charge in [-0.2, -0.15) is 12.8 Å². The first-order valence-electron chi connectivity index (χ1n) is 9.78. The van der Waals surface area contributed by atoms with Gasteiger partial charge in [0.25, 0.3) is 0 Å². The summed E-state index contributed by atoms with van der Waals surface area (Å²) in [7, 11) is 1.09. The summed E-state index contributed by atoms with van der Waals surface area (Å²) in [6.45, 7) is 2.16. The monoisotopic (exact) mass is 441 g/mol. The summed E-state index contributed by atoms with van der Waals surface area (Å²) in [5, 5.41) is 5.13. The van der Waals surface area contributed by atoms with Crippen LogP contribution in [0.3, 0.4) is 0 Å². The number of rotatable bonds is 10. The number of nitrogens with zero attached hydrogens (tertiary/aromatic N) is 1. The van der Waals surface area contributed by atoms with Gasteiger partial charge < -0.3 is 15.4 Å². The van der Waals surface area contributed by atoms with E-state index >= 15 is 0 Å². The SMILES string of the molecule is CCCC(CCCC1C(N=S(=O)=O)C1c1ccccc1)OC.CNC(=S)NC=O. The molecule has 4 unspecified atom stereocenters. The third-order valence-corrected chi connectivity index (χ3v) is 5.68. The Morgan fingerprint density at radius 2 is 2.00 bits per heavy atom. The van der Waals surface area contributed by atoms with E-state index in [-0.39, 0.29) is 12.0 Å². The van der Waals surface area contributed by atoms with Gasteiger partial charge in [-0.3, -0.25) is 4.79 Å². The number of methoxy groups -OCH3 is 1. The molecule has 0 bridgehead atoms. The van der Waals surface area contributed by atoms with E-state index in [0.717, 1.165) is 32.1 Å². The average Bonchev–Trinajstić information content (AvgIpc) is 3.39. The summed E-state index contributed by atoms with van der Waals surface area (Å²) in [6, 6.07) is 10.0. The van der Waals surface area contributed by atoms with Gasteiger partial charge in [0.15, 0.2) is 5.11 Å². The van der Waals surface area contributed by atoms with Crippen LogP contribution in [0.15, 0.2) is 34.7 Å². The molecule has 1 amide bonds. The summed E-state index contributed by atoms with van der Waals surface area (Å²) in [6.07, 6.45) is 6.17. The Morgan fingerprint density at radius 3 is 2.48 bits per heavy atom. The lowest BCUT2D eigenvalue weighted by molar-refractivity contribution is -0.108. The van der Waals surface area contributed by atoms with Crippen molar-refractivity contribution < 1.29 is 17.9 Å². The Bertz CT molecular complexity index is 748. The van der Waals surface area contributed by atoms with E-state index in [0.29, 0.717) is 23.5 Å². The molecule has 162 valence electrons. The number of hydrogen-bond donors (Lipinski definition) is 2.